The summed E-state index contributed by atoms with van der Waals surface area (Å²) < 4.78 is 0. The molecule has 0 spiro atoms. The second-order valence-electron chi connectivity index (χ2n) is 2.21. The molecule has 0 amide bonds. The van der Waals surface area contributed by atoms with E-state index in [0.29, 0.717) is 5.56 Å². The summed E-state index contributed by atoms with van der Waals surface area (Å²) in [6.45, 7) is 1.67. The molecule has 0 aromatic carbocycles. The van der Waals surface area contributed by atoms with Gasteiger partial charge in [0.15, 0.2) is 6.10 Å². The van der Waals surface area contributed by atoms with E-state index in [-0.39, 0.29) is 5.69 Å². The molecule has 5 nitrogen and oxygen atoms in total. The Labute approximate surface area is 62.7 Å². The number of aliphatic hydroxyl groups is 1. The fourth-order valence-corrected chi connectivity index (χ4v) is 0.757. The first-order valence-corrected chi connectivity index (χ1v) is 3.03. The fraction of sp³-hybridized carbons (Fsp3) is 0.333. The van der Waals surface area contributed by atoms with E-state index in [9.17, 15) is 4.79 Å². The first-order valence-electron chi connectivity index (χ1n) is 3.03. The number of nitrogens with zero attached hydrogens (tertiary/aromatic N) is 1. The van der Waals surface area contributed by atoms with E-state index in [2.05, 4.69) is 10.2 Å². The zero-order valence-electron chi connectivity index (χ0n) is 5.90. The molecule has 1 rings (SSSR count). The van der Waals surface area contributed by atoms with Crippen molar-refractivity contribution < 1.29 is 15.0 Å². The SMILES string of the molecule is Cc1cn[nH]c1C(O)C(=O)O. The summed E-state index contributed by atoms with van der Waals surface area (Å²) in [6.07, 6.45) is -0.0425. The molecular weight excluding hydrogens is 148 g/mol. The van der Waals surface area contributed by atoms with Crippen LogP contribution in [0.3, 0.4) is 0 Å². The maximum absolute atomic E-state index is 10.3. The second kappa shape index (κ2) is 2.71. The van der Waals surface area contributed by atoms with Crippen molar-refractivity contribution in [1.29, 1.82) is 0 Å². The number of carbonyl (C=O) groups is 1. The quantitative estimate of drug-likeness (QED) is 0.555. The first kappa shape index (κ1) is 7.74. The number of carboxylic acids is 1. The highest BCUT2D eigenvalue weighted by atomic mass is 16.4. The van der Waals surface area contributed by atoms with Crippen LogP contribution in [-0.2, 0) is 4.79 Å². The van der Waals surface area contributed by atoms with Crippen molar-refractivity contribution in [2.45, 2.75) is 13.0 Å². The van der Waals surface area contributed by atoms with Crippen molar-refractivity contribution >= 4 is 5.97 Å². The van der Waals surface area contributed by atoms with Gasteiger partial charge in [0, 0.05) is 0 Å². The van der Waals surface area contributed by atoms with Crippen molar-refractivity contribution in [3.05, 3.63) is 17.5 Å². The minimum atomic E-state index is -1.50. The lowest BCUT2D eigenvalue weighted by Gasteiger charge is -2.01. The minimum Gasteiger partial charge on any atom is -0.479 e. The van der Waals surface area contributed by atoms with Crippen LogP contribution < -0.4 is 0 Å². The van der Waals surface area contributed by atoms with Gasteiger partial charge in [-0.2, -0.15) is 5.10 Å². The molecule has 0 radical (unpaired) electrons. The molecule has 1 atom stereocenters. The summed E-state index contributed by atoms with van der Waals surface area (Å²) in [5.74, 6) is -1.28. The molecule has 0 aliphatic carbocycles. The molecule has 0 aliphatic heterocycles. The van der Waals surface area contributed by atoms with Crippen LogP contribution in [0.2, 0.25) is 0 Å². The van der Waals surface area contributed by atoms with E-state index in [1.807, 2.05) is 0 Å². The van der Waals surface area contributed by atoms with Gasteiger partial charge in [0.25, 0.3) is 0 Å². The van der Waals surface area contributed by atoms with Crippen LogP contribution >= 0.6 is 0 Å². The third kappa shape index (κ3) is 1.38. The van der Waals surface area contributed by atoms with E-state index in [1.54, 1.807) is 6.92 Å². The molecule has 1 aromatic rings. The summed E-state index contributed by atoms with van der Waals surface area (Å²) in [6, 6.07) is 0. The van der Waals surface area contributed by atoms with Crippen LogP contribution in [-0.4, -0.2) is 26.4 Å². The normalized spacial score (nSPS) is 12.9. The van der Waals surface area contributed by atoms with Crippen LogP contribution in [0.15, 0.2) is 6.20 Å². The minimum absolute atomic E-state index is 0.234. The number of aryl methyl sites for hydroxylation is 1. The summed E-state index contributed by atoms with van der Waals surface area (Å²) in [5, 5.41) is 23.4. The van der Waals surface area contributed by atoms with E-state index in [1.165, 1.54) is 6.20 Å². The van der Waals surface area contributed by atoms with Crippen LogP contribution in [0.4, 0.5) is 0 Å². The number of carboxylic acid groups (broad SMARTS) is 1. The molecule has 0 aliphatic rings. The van der Waals surface area contributed by atoms with E-state index in [0.717, 1.165) is 0 Å². The number of hydrogen-bond acceptors (Lipinski definition) is 3. The van der Waals surface area contributed by atoms with E-state index >= 15 is 0 Å². The third-order valence-electron chi connectivity index (χ3n) is 1.38. The van der Waals surface area contributed by atoms with Crippen LogP contribution in [0, 0.1) is 6.92 Å². The molecule has 0 bridgehead atoms. The Morgan fingerprint density at radius 3 is 2.82 bits per heavy atom. The van der Waals surface area contributed by atoms with Crippen molar-refractivity contribution in [1.82, 2.24) is 10.2 Å². The van der Waals surface area contributed by atoms with Gasteiger partial charge in [0.05, 0.1) is 11.9 Å². The van der Waals surface area contributed by atoms with Crippen LogP contribution in [0.5, 0.6) is 0 Å². The monoisotopic (exact) mass is 156 g/mol. The van der Waals surface area contributed by atoms with Gasteiger partial charge in [-0.3, -0.25) is 5.10 Å². The number of aromatic amines is 1. The smallest absolute Gasteiger partial charge is 0.338 e. The summed E-state index contributed by atoms with van der Waals surface area (Å²) >= 11 is 0. The second-order valence-corrected chi connectivity index (χ2v) is 2.21. The lowest BCUT2D eigenvalue weighted by atomic mass is 10.2. The molecule has 1 unspecified atom stereocenters. The number of aliphatic hydroxyl groups excluding tert-OH is 1. The Balaban J connectivity index is 2.92. The highest BCUT2D eigenvalue weighted by Gasteiger charge is 2.19. The van der Waals surface area contributed by atoms with Gasteiger partial charge in [-0.05, 0) is 12.5 Å². The highest BCUT2D eigenvalue weighted by Crippen LogP contribution is 2.13. The van der Waals surface area contributed by atoms with Gasteiger partial charge >= 0.3 is 5.97 Å². The van der Waals surface area contributed by atoms with E-state index < -0.39 is 12.1 Å². The summed E-state index contributed by atoms with van der Waals surface area (Å²) in [7, 11) is 0. The molecule has 5 heteroatoms. The Morgan fingerprint density at radius 2 is 2.45 bits per heavy atom. The van der Waals surface area contributed by atoms with Crippen LogP contribution in [0.25, 0.3) is 0 Å². The van der Waals surface area contributed by atoms with Crippen LogP contribution in [0.1, 0.15) is 17.4 Å². The molecule has 1 heterocycles. The third-order valence-corrected chi connectivity index (χ3v) is 1.38. The fourth-order valence-electron chi connectivity index (χ4n) is 0.757. The van der Waals surface area contributed by atoms with Gasteiger partial charge in [0.2, 0.25) is 0 Å². The number of H-pyrrole nitrogens is 1. The molecule has 11 heavy (non-hydrogen) atoms. The average molecular weight is 156 g/mol. The molecule has 60 valence electrons. The molecule has 3 N–H and O–H groups in total. The lowest BCUT2D eigenvalue weighted by Crippen LogP contribution is -2.11. The Hall–Kier alpha value is -1.36. The van der Waals surface area contributed by atoms with Gasteiger partial charge < -0.3 is 10.2 Å². The lowest BCUT2D eigenvalue weighted by molar-refractivity contribution is -0.147. The topological polar surface area (TPSA) is 86.2 Å². The van der Waals surface area contributed by atoms with Crippen molar-refractivity contribution in [2.24, 2.45) is 0 Å². The molecule has 1 aromatic heterocycles. The predicted molar refractivity (Wildman–Crippen MR) is 35.9 cm³/mol. The predicted octanol–water partition coefficient (Wildman–Crippen LogP) is -0.164. The first-order chi connectivity index (χ1) is 5.13. The van der Waals surface area contributed by atoms with E-state index in [4.69, 9.17) is 10.2 Å². The summed E-state index contributed by atoms with van der Waals surface area (Å²) in [4.78, 5) is 10.3. The van der Waals surface area contributed by atoms with Crippen molar-refractivity contribution in [3.63, 3.8) is 0 Å². The van der Waals surface area contributed by atoms with Gasteiger partial charge in [-0.25, -0.2) is 4.79 Å². The zero-order valence-corrected chi connectivity index (χ0v) is 5.90. The molecule has 0 fully saturated rings. The number of aliphatic carboxylic acids is 1. The number of rotatable bonds is 2. The van der Waals surface area contributed by atoms with Gasteiger partial charge in [0.1, 0.15) is 0 Å². The zero-order chi connectivity index (χ0) is 8.43. The maximum Gasteiger partial charge on any atom is 0.338 e. The molecule has 0 saturated carbocycles. The molecular formula is C6H8N2O3. The average Bonchev–Trinajstić information content (AvgIpc) is 2.33. The Bertz CT molecular complexity index is 269. The maximum atomic E-state index is 10.3. The van der Waals surface area contributed by atoms with Crippen molar-refractivity contribution in [2.75, 3.05) is 0 Å². The van der Waals surface area contributed by atoms with Crippen molar-refractivity contribution in [3.8, 4) is 0 Å². The van der Waals surface area contributed by atoms with Gasteiger partial charge in [-0.15, -0.1) is 0 Å². The Kier molecular flexibility index (Phi) is 1.91. The van der Waals surface area contributed by atoms with Gasteiger partial charge in [-0.1, -0.05) is 0 Å². The summed E-state index contributed by atoms with van der Waals surface area (Å²) in [5.41, 5.74) is 0.873. The number of aromatic nitrogens is 2. The highest BCUT2D eigenvalue weighted by molar-refractivity contribution is 5.73. The number of nitrogens with one attached hydrogen (secondary N) is 1. The number of hydrogen-bond donors (Lipinski definition) is 3. The molecule has 0 saturated heterocycles. The Morgan fingerprint density at radius 1 is 1.82 bits per heavy atom. The largest absolute Gasteiger partial charge is 0.479 e. The standard InChI is InChI=1S/C6H8N2O3/c1-3-2-7-8-4(3)5(9)6(10)11/h2,5,9H,1H3,(H,7,8)(H,10,11).